The maximum atomic E-state index is 13.1. The van der Waals surface area contributed by atoms with Crippen LogP contribution in [0.3, 0.4) is 0 Å². The summed E-state index contributed by atoms with van der Waals surface area (Å²) in [5.41, 5.74) is 2.06. The molecule has 0 atom stereocenters. The fourth-order valence-corrected chi connectivity index (χ4v) is 4.04. The van der Waals surface area contributed by atoms with Crippen LogP contribution in [0.15, 0.2) is 60.0 Å². The Bertz CT molecular complexity index is 859. The maximum Gasteiger partial charge on any atom is 0.243 e. The third-order valence-corrected chi connectivity index (χ3v) is 5.77. The molecule has 0 unspecified atom stereocenters. The Morgan fingerprint density at radius 3 is 2.44 bits per heavy atom. The van der Waals surface area contributed by atoms with Gasteiger partial charge in [0.15, 0.2) is 11.5 Å². The smallest absolute Gasteiger partial charge is 0.243 e. The van der Waals surface area contributed by atoms with Crippen LogP contribution in [0.5, 0.6) is 11.5 Å². The number of aryl methyl sites for hydroxylation is 1. The predicted molar refractivity (Wildman–Crippen MR) is 96.4 cm³/mol. The van der Waals surface area contributed by atoms with Gasteiger partial charge < -0.3 is 9.47 Å². The highest BCUT2D eigenvalue weighted by Gasteiger charge is 2.26. The van der Waals surface area contributed by atoms with Gasteiger partial charge in [-0.1, -0.05) is 35.9 Å². The average molecular weight is 359 g/mol. The summed E-state index contributed by atoms with van der Waals surface area (Å²) in [5.74, 6) is 1.03. The molecule has 5 nitrogen and oxygen atoms in total. The molecule has 1 heterocycles. The molecule has 0 amide bonds. The second-order valence-corrected chi connectivity index (χ2v) is 7.82. The summed E-state index contributed by atoms with van der Waals surface area (Å²) >= 11 is 0. The van der Waals surface area contributed by atoms with Crippen LogP contribution in [-0.4, -0.2) is 32.5 Å². The molecule has 0 bridgehead atoms. The predicted octanol–water partition coefficient (Wildman–Crippen LogP) is 3.14. The van der Waals surface area contributed by atoms with Gasteiger partial charge in [0, 0.05) is 19.2 Å². The molecule has 0 spiro atoms. The molecule has 1 aliphatic heterocycles. The Labute approximate surface area is 148 Å². The molecule has 0 saturated carbocycles. The standard InChI is InChI=1S/C19H21NO4S/c1-3-10-20(14-16-6-4-15(2)5-7-16)25(21,22)17-8-9-18-19(13-17)24-12-11-23-18/h3-9,13H,1,10-12,14H2,2H3. The largest absolute Gasteiger partial charge is 0.486 e. The van der Waals surface area contributed by atoms with E-state index in [0.29, 0.717) is 24.7 Å². The van der Waals surface area contributed by atoms with E-state index in [4.69, 9.17) is 9.47 Å². The quantitative estimate of drug-likeness (QED) is 0.744. The summed E-state index contributed by atoms with van der Waals surface area (Å²) in [6, 6.07) is 12.5. The molecule has 1 aliphatic rings. The van der Waals surface area contributed by atoms with Crippen molar-refractivity contribution in [1.29, 1.82) is 0 Å². The van der Waals surface area contributed by atoms with E-state index in [0.717, 1.165) is 11.1 Å². The topological polar surface area (TPSA) is 55.8 Å². The van der Waals surface area contributed by atoms with Gasteiger partial charge in [0.2, 0.25) is 10.0 Å². The molecule has 132 valence electrons. The van der Waals surface area contributed by atoms with Gasteiger partial charge in [-0.05, 0) is 24.6 Å². The van der Waals surface area contributed by atoms with Crippen LogP contribution in [0.2, 0.25) is 0 Å². The Morgan fingerprint density at radius 2 is 1.76 bits per heavy atom. The van der Waals surface area contributed by atoms with E-state index in [1.807, 2.05) is 31.2 Å². The molecule has 0 aromatic heterocycles. The third kappa shape index (κ3) is 3.86. The first-order valence-corrected chi connectivity index (χ1v) is 9.51. The number of hydrogen-bond acceptors (Lipinski definition) is 4. The summed E-state index contributed by atoms with van der Waals surface area (Å²) in [5, 5.41) is 0. The van der Waals surface area contributed by atoms with E-state index in [1.54, 1.807) is 18.2 Å². The Balaban J connectivity index is 1.91. The zero-order valence-corrected chi connectivity index (χ0v) is 15.0. The van der Waals surface area contributed by atoms with Crippen molar-refractivity contribution in [2.24, 2.45) is 0 Å². The number of ether oxygens (including phenoxy) is 2. The lowest BCUT2D eigenvalue weighted by Gasteiger charge is -2.23. The molecule has 3 rings (SSSR count). The van der Waals surface area contributed by atoms with E-state index < -0.39 is 10.0 Å². The first kappa shape index (κ1) is 17.5. The van der Waals surface area contributed by atoms with Crippen molar-refractivity contribution in [1.82, 2.24) is 4.31 Å². The number of rotatable bonds is 6. The molecular weight excluding hydrogens is 338 g/mol. The van der Waals surface area contributed by atoms with Crippen LogP contribution in [0, 0.1) is 6.92 Å². The van der Waals surface area contributed by atoms with Gasteiger partial charge in [-0.3, -0.25) is 0 Å². The highest BCUT2D eigenvalue weighted by Crippen LogP contribution is 2.33. The number of sulfonamides is 1. The van der Waals surface area contributed by atoms with Crippen molar-refractivity contribution in [3.63, 3.8) is 0 Å². The summed E-state index contributed by atoms with van der Waals surface area (Å²) in [7, 11) is -3.68. The van der Waals surface area contributed by atoms with E-state index in [9.17, 15) is 8.42 Å². The maximum absolute atomic E-state index is 13.1. The lowest BCUT2D eigenvalue weighted by Crippen LogP contribution is -2.31. The molecule has 0 saturated heterocycles. The second kappa shape index (κ2) is 7.29. The van der Waals surface area contributed by atoms with Crippen molar-refractivity contribution >= 4 is 10.0 Å². The summed E-state index contributed by atoms with van der Waals surface area (Å²) in [6.07, 6.45) is 1.59. The summed E-state index contributed by atoms with van der Waals surface area (Å²) in [4.78, 5) is 0.186. The van der Waals surface area contributed by atoms with Crippen LogP contribution in [-0.2, 0) is 16.6 Å². The van der Waals surface area contributed by atoms with Crippen LogP contribution in [0.4, 0.5) is 0 Å². The van der Waals surface area contributed by atoms with Gasteiger partial charge in [-0.2, -0.15) is 4.31 Å². The van der Waals surface area contributed by atoms with E-state index >= 15 is 0 Å². The van der Waals surface area contributed by atoms with E-state index in [2.05, 4.69) is 6.58 Å². The Kier molecular flexibility index (Phi) is 5.11. The highest BCUT2D eigenvalue weighted by molar-refractivity contribution is 7.89. The molecule has 0 radical (unpaired) electrons. The van der Waals surface area contributed by atoms with Crippen LogP contribution in [0.1, 0.15) is 11.1 Å². The molecule has 2 aromatic carbocycles. The van der Waals surface area contributed by atoms with Gasteiger partial charge in [0.05, 0.1) is 4.90 Å². The first-order chi connectivity index (χ1) is 12.0. The van der Waals surface area contributed by atoms with Crippen LogP contribution < -0.4 is 9.47 Å². The van der Waals surface area contributed by atoms with Gasteiger partial charge in [-0.15, -0.1) is 6.58 Å². The Morgan fingerprint density at radius 1 is 1.08 bits per heavy atom. The van der Waals surface area contributed by atoms with Crippen LogP contribution in [0.25, 0.3) is 0 Å². The van der Waals surface area contributed by atoms with E-state index in [-0.39, 0.29) is 18.0 Å². The van der Waals surface area contributed by atoms with Crippen molar-refractivity contribution < 1.29 is 17.9 Å². The summed E-state index contributed by atoms with van der Waals surface area (Å²) < 4.78 is 38.5. The summed E-state index contributed by atoms with van der Waals surface area (Å²) in [6.45, 7) is 7.07. The average Bonchev–Trinajstić information content (AvgIpc) is 2.62. The monoisotopic (exact) mass is 359 g/mol. The number of nitrogens with zero attached hydrogens (tertiary/aromatic N) is 1. The molecule has 0 N–H and O–H groups in total. The SMILES string of the molecule is C=CCN(Cc1ccc(C)cc1)S(=O)(=O)c1ccc2c(c1)OCCO2. The van der Waals surface area contributed by atoms with Crippen molar-refractivity contribution in [2.75, 3.05) is 19.8 Å². The van der Waals surface area contributed by atoms with Gasteiger partial charge in [0.1, 0.15) is 13.2 Å². The molecule has 25 heavy (non-hydrogen) atoms. The van der Waals surface area contributed by atoms with Gasteiger partial charge >= 0.3 is 0 Å². The first-order valence-electron chi connectivity index (χ1n) is 8.07. The minimum atomic E-state index is -3.68. The highest BCUT2D eigenvalue weighted by atomic mass is 32.2. The minimum absolute atomic E-state index is 0.186. The van der Waals surface area contributed by atoms with Crippen molar-refractivity contribution in [3.8, 4) is 11.5 Å². The number of hydrogen-bond donors (Lipinski definition) is 0. The number of fused-ring (bicyclic) bond motifs is 1. The molecule has 0 fully saturated rings. The lowest BCUT2D eigenvalue weighted by molar-refractivity contribution is 0.171. The molecule has 6 heteroatoms. The number of benzene rings is 2. The Hall–Kier alpha value is -2.31. The zero-order valence-electron chi connectivity index (χ0n) is 14.1. The van der Waals surface area contributed by atoms with Crippen molar-refractivity contribution in [3.05, 3.63) is 66.2 Å². The lowest BCUT2D eigenvalue weighted by atomic mass is 10.1. The van der Waals surface area contributed by atoms with Gasteiger partial charge in [0.25, 0.3) is 0 Å². The normalized spacial score (nSPS) is 13.7. The van der Waals surface area contributed by atoms with Crippen molar-refractivity contribution in [2.45, 2.75) is 18.4 Å². The minimum Gasteiger partial charge on any atom is -0.486 e. The zero-order chi connectivity index (χ0) is 17.9. The van der Waals surface area contributed by atoms with Crippen LogP contribution >= 0.6 is 0 Å². The second-order valence-electron chi connectivity index (χ2n) is 5.88. The molecule has 2 aromatic rings. The third-order valence-electron chi connectivity index (χ3n) is 3.96. The molecule has 0 aliphatic carbocycles. The van der Waals surface area contributed by atoms with E-state index in [1.165, 1.54) is 10.4 Å². The van der Waals surface area contributed by atoms with Gasteiger partial charge in [-0.25, -0.2) is 8.42 Å². The fourth-order valence-electron chi connectivity index (χ4n) is 2.62. The molecular formula is C19H21NO4S. The fraction of sp³-hybridized carbons (Fsp3) is 0.263.